The summed E-state index contributed by atoms with van der Waals surface area (Å²) in [7, 11) is 0. The number of ether oxygens (including phenoxy) is 1. The maximum Gasteiger partial charge on any atom is 0.355 e. The number of rotatable bonds is 7. The molecule has 2 rings (SSSR count). The van der Waals surface area contributed by atoms with Gasteiger partial charge in [-0.05, 0) is 36.4 Å². The monoisotopic (exact) mass is 338 g/mol. The highest BCUT2D eigenvalue weighted by molar-refractivity contribution is 7.99. The zero-order valence-corrected chi connectivity index (χ0v) is 13.2. The molecule has 0 aliphatic carbocycles. The molecule has 0 spiro atoms. The first-order valence-corrected chi connectivity index (χ1v) is 7.97. The van der Waals surface area contributed by atoms with Gasteiger partial charge in [-0.3, -0.25) is 4.79 Å². The van der Waals surface area contributed by atoms with Crippen LogP contribution in [-0.2, 0) is 9.53 Å². The van der Waals surface area contributed by atoms with Crippen LogP contribution in [0.4, 0.5) is 0 Å². The highest BCUT2D eigenvalue weighted by Gasteiger charge is 2.10. The number of esters is 1. The van der Waals surface area contributed by atoms with E-state index < -0.39 is 5.97 Å². The molecule has 0 radical (unpaired) electrons. The normalized spacial score (nSPS) is 10.2. The summed E-state index contributed by atoms with van der Waals surface area (Å²) in [6.07, 6.45) is 1.62. The Morgan fingerprint density at radius 1 is 1.23 bits per heavy atom. The van der Waals surface area contributed by atoms with Gasteiger partial charge in [-0.1, -0.05) is 11.6 Å². The number of aromatic nitrogens is 1. The smallest absolute Gasteiger partial charge is 0.355 e. The summed E-state index contributed by atoms with van der Waals surface area (Å²) in [5.74, 6) is -0.148. The molecule has 7 heteroatoms. The van der Waals surface area contributed by atoms with E-state index in [2.05, 4.69) is 10.3 Å². The zero-order valence-electron chi connectivity index (χ0n) is 11.7. The van der Waals surface area contributed by atoms with E-state index in [-0.39, 0.29) is 12.5 Å². The van der Waals surface area contributed by atoms with Gasteiger partial charge in [0.1, 0.15) is 5.69 Å². The fourth-order valence-corrected chi connectivity index (χ4v) is 2.50. The van der Waals surface area contributed by atoms with Crippen LogP contribution in [0.2, 0.25) is 5.02 Å². The summed E-state index contributed by atoms with van der Waals surface area (Å²) in [5.41, 5.74) is 0.325. The second-order valence-electron chi connectivity index (χ2n) is 4.31. The Labute approximate surface area is 137 Å². The molecule has 0 bridgehead atoms. The molecule has 0 saturated carbocycles. The van der Waals surface area contributed by atoms with Crippen molar-refractivity contribution in [3.63, 3.8) is 0 Å². The van der Waals surface area contributed by atoms with Gasteiger partial charge in [0.05, 0.1) is 0 Å². The second-order valence-corrected chi connectivity index (χ2v) is 5.92. The number of hydrogen-bond acceptors (Lipinski definition) is 4. The largest absolute Gasteiger partial charge is 0.451 e. The van der Waals surface area contributed by atoms with Crippen LogP contribution < -0.4 is 5.32 Å². The predicted molar refractivity (Wildman–Crippen MR) is 86.3 cm³/mol. The third kappa shape index (κ3) is 5.46. The minimum absolute atomic E-state index is 0.288. The van der Waals surface area contributed by atoms with Gasteiger partial charge in [0, 0.05) is 28.4 Å². The number of carbonyl (C=O) groups is 2. The van der Waals surface area contributed by atoms with Crippen molar-refractivity contribution in [3.05, 3.63) is 53.3 Å². The Hall–Kier alpha value is -1.92. The molecule has 116 valence electrons. The number of halogens is 1. The number of hydrogen-bond donors (Lipinski definition) is 2. The molecule has 1 aromatic heterocycles. The van der Waals surface area contributed by atoms with Gasteiger partial charge in [0.2, 0.25) is 0 Å². The van der Waals surface area contributed by atoms with Crippen LogP contribution in [0.25, 0.3) is 0 Å². The lowest BCUT2D eigenvalue weighted by Crippen LogP contribution is -2.30. The average Bonchev–Trinajstić information content (AvgIpc) is 3.05. The van der Waals surface area contributed by atoms with Crippen molar-refractivity contribution in [3.8, 4) is 0 Å². The SMILES string of the molecule is O=C(COC(=O)c1ccc[nH]1)NCCSc1ccc(Cl)cc1. The van der Waals surface area contributed by atoms with Crippen molar-refractivity contribution < 1.29 is 14.3 Å². The first kappa shape index (κ1) is 16.5. The molecule has 0 aliphatic rings. The van der Waals surface area contributed by atoms with E-state index in [4.69, 9.17) is 16.3 Å². The molecular weight excluding hydrogens is 324 g/mol. The molecule has 0 aliphatic heterocycles. The molecule has 0 saturated heterocycles. The summed E-state index contributed by atoms with van der Waals surface area (Å²) in [6.45, 7) is 0.204. The number of H-pyrrole nitrogens is 1. The maximum absolute atomic E-state index is 11.5. The van der Waals surface area contributed by atoms with Gasteiger partial charge in [-0.15, -0.1) is 11.8 Å². The van der Waals surface area contributed by atoms with E-state index in [0.717, 1.165) is 10.6 Å². The lowest BCUT2D eigenvalue weighted by Gasteiger charge is -2.06. The first-order chi connectivity index (χ1) is 10.6. The van der Waals surface area contributed by atoms with Crippen LogP contribution in [0.3, 0.4) is 0 Å². The minimum atomic E-state index is -0.546. The van der Waals surface area contributed by atoms with Crippen molar-refractivity contribution in [2.75, 3.05) is 18.9 Å². The zero-order chi connectivity index (χ0) is 15.8. The van der Waals surface area contributed by atoms with Crippen molar-refractivity contribution in [2.45, 2.75) is 4.90 Å². The number of nitrogens with one attached hydrogen (secondary N) is 2. The number of carbonyl (C=O) groups excluding carboxylic acids is 2. The summed E-state index contributed by atoms with van der Waals surface area (Å²) in [4.78, 5) is 26.8. The third-order valence-corrected chi connectivity index (χ3v) is 3.92. The highest BCUT2D eigenvalue weighted by Crippen LogP contribution is 2.19. The van der Waals surface area contributed by atoms with Gasteiger partial charge < -0.3 is 15.0 Å². The molecule has 2 N–H and O–H groups in total. The molecule has 2 aromatic rings. The first-order valence-electron chi connectivity index (χ1n) is 6.61. The van der Waals surface area contributed by atoms with Gasteiger partial charge in [0.15, 0.2) is 6.61 Å². The molecule has 1 amide bonds. The van der Waals surface area contributed by atoms with Crippen LogP contribution in [0.5, 0.6) is 0 Å². The molecule has 22 heavy (non-hydrogen) atoms. The predicted octanol–water partition coefficient (Wildman–Crippen LogP) is 2.73. The average molecular weight is 339 g/mol. The number of benzene rings is 1. The van der Waals surface area contributed by atoms with E-state index in [1.54, 1.807) is 30.1 Å². The van der Waals surface area contributed by atoms with Gasteiger partial charge in [-0.25, -0.2) is 4.79 Å². The molecule has 1 aromatic carbocycles. The summed E-state index contributed by atoms with van der Waals surface area (Å²) in [6, 6.07) is 10.8. The Bertz CT molecular complexity index is 614. The van der Waals surface area contributed by atoms with Gasteiger partial charge >= 0.3 is 5.97 Å². The topological polar surface area (TPSA) is 71.2 Å². The van der Waals surface area contributed by atoms with Crippen molar-refractivity contribution in [2.24, 2.45) is 0 Å². The quantitative estimate of drug-likeness (QED) is 0.462. The summed E-state index contributed by atoms with van der Waals surface area (Å²) in [5, 5.41) is 3.39. The fraction of sp³-hybridized carbons (Fsp3) is 0.200. The Morgan fingerprint density at radius 3 is 2.68 bits per heavy atom. The lowest BCUT2D eigenvalue weighted by atomic mass is 10.4. The summed E-state index contributed by atoms with van der Waals surface area (Å²) >= 11 is 7.41. The second kappa shape index (κ2) is 8.51. The molecule has 0 fully saturated rings. The Morgan fingerprint density at radius 2 is 2.00 bits per heavy atom. The summed E-state index contributed by atoms with van der Waals surface area (Å²) < 4.78 is 4.87. The van der Waals surface area contributed by atoms with E-state index in [1.807, 2.05) is 24.3 Å². The van der Waals surface area contributed by atoms with Crippen LogP contribution in [0.15, 0.2) is 47.5 Å². The highest BCUT2D eigenvalue weighted by atomic mass is 35.5. The van der Waals surface area contributed by atoms with Crippen LogP contribution >= 0.6 is 23.4 Å². The maximum atomic E-state index is 11.5. The Kier molecular flexibility index (Phi) is 6.36. The van der Waals surface area contributed by atoms with E-state index in [9.17, 15) is 9.59 Å². The van der Waals surface area contributed by atoms with Crippen molar-refractivity contribution in [1.29, 1.82) is 0 Å². The third-order valence-electron chi connectivity index (χ3n) is 2.66. The van der Waals surface area contributed by atoms with Gasteiger partial charge in [0.25, 0.3) is 5.91 Å². The van der Waals surface area contributed by atoms with Crippen LogP contribution in [0, 0.1) is 0 Å². The van der Waals surface area contributed by atoms with Crippen LogP contribution in [0.1, 0.15) is 10.5 Å². The van der Waals surface area contributed by atoms with E-state index >= 15 is 0 Å². The Balaban J connectivity index is 1.59. The number of aromatic amines is 1. The molecule has 1 heterocycles. The molecule has 5 nitrogen and oxygen atoms in total. The standard InChI is InChI=1S/C15H15ClN2O3S/c16-11-3-5-12(6-4-11)22-9-8-18-14(19)10-21-15(20)13-2-1-7-17-13/h1-7,17H,8-10H2,(H,18,19). The van der Waals surface area contributed by atoms with Crippen LogP contribution in [-0.4, -0.2) is 35.8 Å². The molecular formula is C15H15ClN2O3S. The van der Waals surface area contributed by atoms with Crippen molar-refractivity contribution in [1.82, 2.24) is 10.3 Å². The van der Waals surface area contributed by atoms with E-state index in [0.29, 0.717) is 17.3 Å². The molecule has 0 unspecified atom stereocenters. The fourth-order valence-electron chi connectivity index (χ4n) is 1.61. The number of amides is 1. The molecule has 0 atom stereocenters. The number of thioether (sulfide) groups is 1. The van der Waals surface area contributed by atoms with Gasteiger partial charge in [-0.2, -0.15) is 0 Å². The lowest BCUT2D eigenvalue weighted by molar-refractivity contribution is -0.124. The van der Waals surface area contributed by atoms with Crippen molar-refractivity contribution >= 4 is 35.2 Å². The van der Waals surface area contributed by atoms with E-state index in [1.165, 1.54) is 0 Å². The minimum Gasteiger partial charge on any atom is -0.451 e.